The number of hydrogen-bond donors (Lipinski definition) is 1. The number of para-hydroxylation sites is 1. The van der Waals surface area contributed by atoms with Gasteiger partial charge in [0, 0.05) is 37.3 Å². The summed E-state index contributed by atoms with van der Waals surface area (Å²) in [6, 6.07) is 17.3. The first-order valence-corrected chi connectivity index (χ1v) is 9.48. The van der Waals surface area contributed by atoms with E-state index in [-0.39, 0.29) is 18.3 Å². The highest BCUT2D eigenvalue weighted by atomic mass is 16.5. The van der Waals surface area contributed by atoms with Crippen LogP contribution in [0.15, 0.2) is 54.6 Å². The van der Waals surface area contributed by atoms with Gasteiger partial charge in [0.25, 0.3) is 5.91 Å². The van der Waals surface area contributed by atoms with E-state index in [0.717, 1.165) is 19.5 Å². The summed E-state index contributed by atoms with van der Waals surface area (Å²) in [5.74, 6) is 1.02. The van der Waals surface area contributed by atoms with Crippen molar-refractivity contribution in [3.8, 4) is 5.75 Å². The van der Waals surface area contributed by atoms with E-state index in [0.29, 0.717) is 30.2 Å². The molecule has 0 bridgehead atoms. The van der Waals surface area contributed by atoms with Crippen molar-refractivity contribution in [1.29, 1.82) is 0 Å². The minimum atomic E-state index is -0.123. The normalized spacial score (nSPS) is 16.2. The molecule has 0 saturated carbocycles. The van der Waals surface area contributed by atoms with Crippen LogP contribution in [0.5, 0.6) is 5.75 Å². The van der Waals surface area contributed by atoms with Gasteiger partial charge in [-0.3, -0.25) is 9.59 Å². The van der Waals surface area contributed by atoms with Crippen LogP contribution in [-0.2, 0) is 4.79 Å². The Morgan fingerprint density at radius 2 is 1.85 bits per heavy atom. The number of anilines is 1. The van der Waals surface area contributed by atoms with Crippen LogP contribution in [0.4, 0.5) is 5.69 Å². The van der Waals surface area contributed by atoms with Crippen LogP contribution < -0.4 is 15.0 Å². The molecule has 0 spiro atoms. The Bertz CT molecular complexity index is 759. The zero-order valence-corrected chi connectivity index (χ0v) is 15.7. The number of Topliss-reactive ketones (excluding diaryl/α,β-unsaturated/α-hetero) is 1. The first-order chi connectivity index (χ1) is 13.2. The van der Waals surface area contributed by atoms with Gasteiger partial charge in [0.2, 0.25) is 0 Å². The number of nitrogens with zero attached hydrogens (tertiary/aromatic N) is 1. The van der Waals surface area contributed by atoms with E-state index >= 15 is 0 Å². The van der Waals surface area contributed by atoms with E-state index in [1.165, 1.54) is 5.69 Å². The molecule has 1 atom stereocenters. The van der Waals surface area contributed by atoms with E-state index in [2.05, 4.69) is 22.3 Å². The van der Waals surface area contributed by atoms with Crippen LogP contribution in [0.1, 0.15) is 30.1 Å². The second kappa shape index (κ2) is 9.21. The Morgan fingerprint density at radius 1 is 1.11 bits per heavy atom. The van der Waals surface area contributed by atoms with Crippen LogP contribution in [0.25, 0.3) is 0 Å². The average Bonchev–Trinajstić information content (AvgIpc) is 3.20. The fourth-order valence-electron chi connectivity index (χ4n) is 3.27. The zero-order valence-electron chi connectivity index (χ0n) is 15.7. The van der Waals surface area contributed by atoms with Gasteiger partial charge in [-0.1, -0.05) is 25.1 Å². The molecule has 1 fully saturated rings. The largest absolute Gasteiger partial charge is 0.484 e. The minimum Gasteiger partial charge on any atom is -0.484 e. The summed E-state index contributed by atoms with van der Waals surface area (Å²) >= 11 is 0. The number of ether oxygens (including phenoxy) is 1. The number of carbonyl (C=O) groups is 2. The Labute approximate surface area is 160 Å². The molecule has 5 heteroatoms. The molecular formula is C22H26N2O3. The lowest BCUT2D eigenvalue weighted by Crippen LogP contribution is -2.34. The molecule has 3 rings (SSSR count). The molecule has 142 valence electrons. The van der Waals surface area contributed by atoms with Crippen LogP contribution in [-0.4, -0.2) is 37.9 Å². The molecule has 5 nitrogen and oxygen atoms in total. The molecule has 1 N–H and O–H groups in total. The fourth-order valence-corrected chi connectivity index (χ4v) is 3.27. The average molecular weight is 366 g/mol. The van der Waals surface area contributed by atoms with Crippen molar-refractivity contribution >= 4 is 17.4 Å². The minimum absolute atomic E-state index is 0.0177. The van der Waals surface area contributed by atoms with Crippen molar-refractivity contribution in [3.05, 3.63) is 60.2 Å². The highest BCUT2D eigenvalue weighted by Gasteiger charge is 2.22. The summed E-state index contributed by atoms with van der Waals surface area (Å²) in [6.07, 6.45) is 1.55. The predicted octanol–water partition coefficient (Wildman–Crippen LogP) is 3.30. The second-order valence-corrected chi connectivity index (χ2v) is 6.83. The van der Waals surface area contributed by atoms with E-state index in [9.17, 15) is 9.59 Å². The SMILES string of the molecule is CCC(=O)c1ccc(OCC(=O)NC[C@H]2CCN(c3ccccc3)C2)cc1. The third-order valence-electron chi connectivity index (χ3n) is 4.86. The molecule has 2 aromatic rings. The van der Waals surface area contributed by atoms with Crippen molar-refractivity contribution in [3.63, 3.8) is 0 Å². The first kappa shape index (κ1) is 19.0. The van der Waals surface area contributed by atoms with Crippen molar-refractivity contribution in [2.45, 2.75) is 19.8 Å². The monoisotopic (exact) mass is 366 g/mol. The third kappa shape index (κ3) is 5.33. The van der Waals surface area contributed by atoms with Crippen molar-refractivity contribution in [2.24, 2.45) is 5.92 Å². The first-order valence-electron chi connectivity index (χ1n) is 9.48. The highest BCUT2D eigenvalue weighted by Crippen LogP contribution is 2.22. The van der Waals surface area contributed by atoms with E-state index < -0.39 is 0 Å². The van der Waals surface area contributed by atoms with Gasteiger partial charge in [-0.25, -0.2) is 0 Å². The number of benzene rings is 2. The van der Waals surface area contributed by atoms with Crippen molar-refractivity contribution in [1.82, 2.24) is 5.32 Å². The molecule has 1 heterocycles. The molecule has 27 heavy (non-hydrogen) atoms. The van der Waals surface area contributed by atoms with Gasteiger partial charge in [-0.2, -0.15) is 0 Å². The quantitative estimate of drug-likeness (QED) is 0.728. The number of rotatable bonds is 8. The number of nitrogens with one attached hydrogen (secondary N) is 1. The molecular weight excluding hydrogens is 340 g/mol. The van der Waals surface area contributed by atoms with Gasteiger partial charge >= 0.3 is 0 Å². The second-order valence-electron chi connectivity index (χ2n) is 6.83. The maximum Gasteiger partial charge on any atom is 0.257 e. The number of amides is 1. The molecule has 1 aliphatic heterocycles. The number of hydrogen-bond acceptors (Lipinski definition) is 4. The molecule has 0 aliphatic carbocycles. The maximum absolute atomic E-state index is 12.0. The molecule has 0 unspecified atom stereocenters. The van der Waals surface area contributed by atoms with Gasteiger partial charge in [0.1, 0.15) is 5.75 Å². The molecule has 1 aliphatic rings. The molecule has 1 amide bonds. The van der Waals surface area contributed by atoms with Gasteiger partial charge in [-0.05, 0) is 48.7 Å². The summed E-state index contributed by atoms with van der Waals surface area (Å²) in [5.41, 5.74) is 1.90. The van der Waals surface area contributed by atoms with E-state index in [4.69, 9.17) is 4.74 Å². The van der Waals surface area contributed by atoms with Crippen LogP contribution in [0.2, 0.25) is 0 Å². The van der Waals surface area contributed by atoms with Gasteiger partial charge in [0.15, 0.2) is 12.4 Å². The van der Waals surface area contributed by atoms with Crippen molar-refractivity contribution in [2.75, 3.05) is 31.1 Å². The van der Waals surface area contributed by atoms with Gasteiger partial charge < -0.3 is 15.0 Å². The fraction of sp³-hybridized carbons (Fsp3) is 0.364. The predicted molar refractivity (Wildman–Crippen MR) is 106 cm³/mol. The summed E-state index contributed by atoms with van der Waals surface area (Å²) in [7, 11) is 0. The summed E-state index contributed by atoms with van der Waals surface area (Å²) < 4.78 is 5.51. The Kier molecular flexibility index (Phi) is 6.47. The van der Waals surface area contributed by atoms with Crippen LogP contribution in [0.3, 0.4) is 0 Å². The Balaban J connectivity index is 1.38. The van der Waals surface area contributed by atoms with E-state index in [1.54, 1.807) is 24.3 Å². The summed E-state index contributed by atoms with van der Waals surface area (Å²) in [5, 5.41) is 2.96. The maximum atomic E-state index is 12.0. The topological polar surface area (TPSA) is 58.6 Å². The summed E-state index contributed by atoms with van der Waals surface area (Å²) in [6.45, 7) is 4.45. The lowest BCUT2D eigenvalue weighted by Gasteiger charge is -2.18. The smallest absolute Gasteiger partial charge is 0.257 e. The Hall–Kier alpha value is -2.82. The van der Waals surface area contributed by atoms with E-state index in [1.807, 2.05) is 25.1 Å². The third-order valence-corrected chi connectivity index (χ3v) is 4.86. The van der Waals surface area contributed by atoms with Gasteiger partial charge in [0.05, 0.1) is 0 Å². The molecule has 0 radical (unpaired) electrons. The molecule has 2 aromatic carbocycles. The molecule has 1 saturated heterocycles. The van der Waals surface area contributed by atoms with Crippen LogP contribution >= 0.6 is 0 Å². The highest BCUT2D eigenvalue weighted by molar-refractivity contribution is 5.95. The van der Waals surface area contributed by atoms with Crippen LogP contribution in [0, 0.1) is 5.92 Å². The summed E-state index contributed by atoms with van der Waals surface area (Å²) in [4.78, 5) is 26.0. The van der Waals surface area contributed by atoms with Gasteiger partial charge in [-0.15, -0.1) is 0 Å². The molecule has 0 aromatic heterocycles. The lowest BCUT2D eigenvalue weighted by atomic mass is 10.1. The lowest BCUT2D eigenvalue weighted by molar-refractivity contribution is -0.123. The standard InChI is InChI=1S/C22H26N2O3/c1-2-21(25)18-8-10-20(11-9-18)27-16-22(26)23-14-17-12-13-24(15-17)19-6-4-3-5-7-19/h3-11,17H,2,12-16H2,1H3,(H,23,26)/t17-/m1/s1. The number of carbonyl (C=O) groups excluding carboxylic acids is 2. The zero-order chi connectivity index (χ0) is 19.1. The van der Waals surface area contributed by atoms with Crippen molar-refractivity contribution < 1.29 is 14.3 Å². The number of ketones is 1. The Morgan fingerprint density at radius 3 is 2.56 bits per heavy atom.